The van der Waals surface area contributed by atoms with E-state index in [9.17, 15) is 8.42 Å². The number of hydrogen-bond donors (Lipinski definition) is 2. The monoisotopic (exact) mass is 451 g/mol. The first kappa shape index (κ1) is 24.3. The van der Waals surface area contributed by atoms with Crippen LogP contribution in [-0.2, 0) is 14.8 Å². The van der Waals surface area contributed by atoms with Gasteiger partial charge in [0, 0.05) is 37.1 Å². The fourth-order valence-electron chi connectivity index (χ4n) is 4.49. The van der Waals surface area contributed by atoms with Crippen LogP contribution in [0.3, 0.4) is 0 Å². The Balaban J connectivity index is 1.44. The molecule has 31 heavy (non-hydrogen) atoms. The van der Waals surface area contributed by atoms with Crippen molar-refractivity contribution in [3.8, 4) is 0 Å². The van der Waals surface area contributed by atoms with Gasteiger partial charge in [0.1, 0.15) is 0 Å². The van der Waals surface area contributed by atoms with Crippen molar-refractivity contribution in [2.45, 2.75) is 89.7 Å². The van der Waals surface area contributed by atoms with Gasteiger partial charge < -0.3 is 15.0 Å². The molecule has 2 N–H and O–H groups in total. The Hall–Kier alpha value is -1.31. The van der Waals surface area contributed by atoms with Gasteiger partial charge in [-0.1, -0.05) is 6.92 Å². The van der Waals surface area contributed by atoms with Crippen LogP contribution >= 0.6 is 0 Å². The van der Waals surface area contributed by atoms with Gasteiger partial charge in [0.2, 0.25) is 10.0 Å². The number of benzene rings is 1. The molecule has 1 aromatic carbocycles. The molecule has 1 aromatic rings. The second-order valence-corrected chi connectivity index (χ2v) is 12.4. The van der Waals surface area contributed by atoms with Crippen molar-refractivity contribution in [1.82, 2.24) is 4.72 Å². The number of nitrogens with zero attached hydrogens (tertiary/aromatic N) is 1. The number of rotatable bonds is 8. The summed E-state index contributed by atoms with van der Waals surface area (Å²) in [4.78, 5) is 2.39. The molecule has 1 aliphatic carbocycles. The summed E-state index contributed by atoms with van der Waals surface area (Å²) in [6.45, 7) is 12.6. The molecule has 1 aliphatic heterocycles. The molecule has 2 aliphatic rings. The molecule has 0 radical (unpaired) electrons. The molecule has 2 fully saturated rings. The van der Waals surface area contributed by atoms with Crippen molar-refractivity contribution in [2.75, 3.05) is 29.9 Å². The lowest BCUT2D eigenvalue weighted by Crippen LogP contribution is -2.47. The zero-order valence-electron chi connectivity index (χ0n) is 19.9. The van der Waals surface area contributed by atoms with Crippen molar-refractivity contribution in [2.24, 2.45) is 5.92 Å². The molecule has 0 unspecified atom stereocenters. The quantitative estimate of drug-likeness (QED) is 0.614. The summed E-state index contributed by atoms with van der Waals surface area (Å²) in [6, 6.07) is 8.77. The zero-order valence-corrected chi connectivity index (χ0v) is 20.7. The lowest BCUT2D eigenvalue weighted by atomic mass is 9.86. The number of anilines is 2. The van der Waals surface area contributed by atoms with Crippen molar-refractivity contribution >= 4 is 21.4 Å². The number of hydrogen-bond acceptors (Lipinski definition) is 5. The lowest BCUT2D eigenvalue weighted by molar-refractivity contribution is -0.00521. The fraction of sp³-hybridized carbons (Fsp3) is 0.750. The van der Waals surface area contributed by atoms with Gasteiger partial charge in [-0.3, -0.25) is 0 Å². The third kappa shape index (κ3) is 6.36. The van der Waals surface area contributed by atoms with Gasteiger partial charge in [-0.2, -0.15) is 0 Å². The van der Waals surface area contributed by atoms with Crippen LogP contribution < -0.4 is 14.9 Å². The van der Waals surface area contributed by atoms with E-state index in [2.05, 4.69) is 53.1 Å². The van der Waals surface area contributed by atoms with Crippen molar-refractivity contribution in [3.05, 3.63) is 24.3 Å². The van der Waals surface area contributed by atoms with Gasteiger partial charge in [0.25, 0.3) is 0 Å². The minimum Gasteiger partial charge on any atom is -0.385 e. The average molecular weight is 452 g/mol. The Kier molecular flexibility index (Phi) is 7.92. The Morgan fingerprint density at radius 1 is 1.03 bits per heavy atom. The minimum atomic E-state index is -3.28. The Morgan fingerprint density at radius 2 is 1.61 bits per heavy atom. The predicted octanol–water partition coefficient (Wildman–Crippen LogP) is 4.38. The predicted molar refractivity (Wildman–Crippen MR) is 129 cm³/mol. The maximum absolute atomic E-state index is 12.6. The van der Waals surface area contributed by atoms with Crippen LogP contribution in [0, 0.1) is 5.92 Å². The third-order valence-electron chi connectivity index (χ3n) is 6.99. The molecule has 0 aromatic heterocycles. The molecule has 3 rings (SSSR count). The number of morpholine rings is 1. The van der Waals surface area contributed by atoms with Crippen molar-refractivity contribution in [1.29, 1.82) is 0 Å². The lowest BCUT2D eigenvalue weighted by Gasteiger charge is -2.37. The molecule has 1 heterocycles. The van der Waals surface area contributed by atoms with E-state index in [1.54, 1.807) is 13.8 Å². The van der Waals surface area contributed by atoms with E-state index >= 15 is 0 Å². The summed E-state index contributed by atoms with van der Waals surface area (Å²) in [7, 11) is -3.28. The summed E-state index contributed by atoms with van der Waals surface area (Å²) in [5, 5.41) is 3.58. The molecule has 6 nitrogen and oxygen atoms in total. The first-order chi connectivity index (χ1) is 14.6. The highest BCUT2D eigenvalue weighted by atomic mass is 32.2. The highest BCUT2D eigenvalue weighted by Crippen LogP contribution is 2.28. The molecule has 176 valence electrons. The number of sulfonamides is 1. The average Bonchev–Trinajstić information content (AvgIpc) is 2.72. The van der Waals surface area contributed by atoms with Gasteiger partial charge in [-0.05, 0) is 90.0 Å². The summed E-state index contributed by atoms with van der Waals surface area (Å²) < 4.78 is 33.3. The van der Waals surface area contributed by atoms with Crippen LogP contribution in [0.25, 0.3) is 0 Å². The van der Waals surface area contributed by atoms with E-state index in [4.69, 9.17) is 4.74 Å². The highest BCUT2D eigenvalue weighted by Gasteiger charge is 2.35. The van der Waals surface area contributed by atoms with Gasteiger partial charge in [-0.25, -0.2) is 13.1 Å². The summed E-state index contributed by atoms with van der Waals surface area (Å²) in [5.41, 5.74) is 2.39. The van der Waals surface area contributed by atoms with Crippen LogP contribution in [0.15, 0.2) is 24.3 Å². The van der Waals surface area contributed by atoms with E-state index in [1.165, 1.54) is 5.69 Å². The normalized spacial score (nSPS) is 27.8. The fourth-order valence-corrected chi connectivity index (χ4v) is 5.87. The molecule has 0 spiro atoms. The zero-order chi connectivity index (χ0) is 22.6. The molecule has 0 bridgehead atoms. The topological polar surface area (TPSA) is 70.7 Å². The number of nitrogens with one attached hydrogen (secondary N) is 2. The maximum atomic E-state index is 12.6. The van der Waals surface area contributed by atoms with Crippen LogP contribution in [0.5, 0.6) is 0 Å². The number of ether oxygens (including phenoxy) is 1. The molecular weight excluding hydrogens is 410 g/mol. The van der Waals surface area contributed by atoms with Crippen molar-refractivity contribution in [3.63, 3.8) is 0 Å². The molecule has 1 saturated carbocycles. The van der Waals surface area contributed by atoms with E-state index in [0.29, 0.717) is 12.3 Å². The van der Waals surface area contributed by atoms with Gasteiger partial charge in [-0.15, -0.1) is 0 Å². The largest absolute Gasteiger partial charge is 0.385 e. The summed E-state index contributed by atoms with van der Waals surface area (Å²) in [5.74, 6) is 0.584. The van der Waals surface area contributed by atoms with E-state index < -0.39 is 14.8 Å². The molecule has 1 saturated heterocycles. The minimum absolute atomic E-state index is 0.0738. The first-order valence-electron chi connectivity index (χ1n) is 11.9. The second-order valence-electron chi connectivity index (χ2n) is 10.0. The Labute approximate surface area is 189 Å². The SMILES string of the molecule is CCC(C)(C)S(=O)(=O)N[C@H]1CC[C@H](CNc2ccc(N3C[C@@H](C)O[C@@H](C)C3)cc2)CC1. The van der Waals surface area contributed by atoms with Gasteiger partial charge >= 0.3 is 0 Å². The molecule has 0 amide bonds. The summed E-state index contributed by atoms with van der Waals surface area (Å²) >= 11 is 0. The van der Waals surface area contributed by atoms with E-state index in [-0.39, 0.29) is 18.2 Å². The Morgan fingerprint density at radius 3 is 2.16 bits per heavy atom. The Bertz CT molecular complexity index is 792. The summed E-state index contributed by atoms with van der Waals surface area (Å²) in [6.07, 6.45) is 5.06. The van der Waals surface area contributed by atoms with Crippen LogP contribution in [-0.4, -0.2) is 51.0 Å². The van der Waals surface area contributed by atoms with Crippen LogP contribution in [0.4, 0.5) is 11.4 Å². The van der Waals surface area contributed by atoms with E-state index in [1.807, 2.05) is 6.92 Å². The standard InChI is InChI=1S/C24H41N3O3S/c1-6-24(4,5)31(28,29)26-22-9-7-20(8-10-22)15-25-21-11-13-23(14-12-21)27-16-18(2)30-19(3)17-27/h11-14,18-20,22,25-26H,6-10,15-17H2,1-5H3/t18-,19+,20-,22-. The molecular formula is C24H41N3O3S. The van der Waals surface area contributed by atoms with E-state index in [0.717, 1.165) is 51.0 Å². The van der Waals surface area contributed by atoms with Gasteiger partial charge in [0.05, 0.1) is 17.0 Å². The third-order valence-corrected chi connectivity index (χ3v) is 9.38. The van der Waals surface area contributed by atoms with Gasteiger partial charge in [0.15, 0.2) is 0 Å². The smallest absolute Gasteiger partial charge is 0.217 e. The highest BCUT2D eigenvalue weighted by molar-refractivity contribution is 7.90. The van der Waals surface area contributed by atoms with Crippen LogP contribution in [0.2, 0.25) is 0 Å². The molecule has 7 heteroatoms. The molecule has 2 atom stereocenters. The maximum Gasteiger partial charge on any atom is 0.217 e. The van der Waals surface area contributed by atoms with Crippen LogP contribution in [0.1, 0.15) is 66.7 Å². The first-order valence-corrected chi connectivity index (χ1v) is 13.3. The second kappa shape index (κ2) is 10.1. The van der Waals surface area contributed by atoms with Crippen molar-refractivity contribution < 1.29 is 13.2 Å².